The van der Waals surface area contributed by atoms with Crippen LogP contribution in [-0.2, 0) is 30.5 Å². The molecule has 4 N–H and O–H groups in total. The summed E-state index contributed by atoms with van der Waals surface area (Å²) >= 11 is 1.73. The number of nitrogens with zero attached hydrogens (tertiary/aromatic N) is 6. The number of nitrogens with one attached hydrogen (secondary N) is 3. The molecule has 6 amide bonds. The smallest absolute Gasteiger partial charge is 0.543 e. The fourth-order valence-corrected chi connectivity index (χ4v) is 9.67. The van der Waals surface area contributed by atoms with E-state index in [1.54, 1.807) is 23.3 Å². The molecule has 7 rings (SSSR count). The summed E-state index contributed by atoms with van der Waals surface area (Å²) in [5.41, 5.74) is -0.989. The number of piperazine rings is 2. The molecule has 23 heteroatoms. The van der Waals surface area contributed by atoms with Crippen molar-refractivity contribution in [1.82, 2.24) is 40.2 Å². The maximum atomic E-state index is 15.3. The van der Waals surface area contributed by atoms with Crippen molar-refractivity contribution in [1.29, 1.82) is 0 Å². The summed E-state index contributed by atoms with van der Waals surface area (Å²) in [5.74, 6) is -6.43. The van der Waals surface area contributed by atoms with Gasteiger partial charge < -0.3 is 45.3 Å². The Bertz CT molecular complexity index is 2410. The molecule has 19 nitrogen and oxygen atoms in total. The number of thioether (sulfide) groups is 2. The number of rotatable bonds is 11. The number of anilines is 1. The Morgan fingerprint density at radius 2 is 1.74 bits per heavy atom. The Labute approximate surface area is 377 Å². The van der Waals surface area contributed by atoms with Crippen molar-refractivity contribution in [3.63, 3.8) is 0 Å². The van der Waals surface area contributed by atoms with Gasteiger partial charge in [-0.15, -0.1) is 11.8 Å². The molecule has 0 bridgehead atoms. The zero-order valence-electron chi connectivity index (χ0n) is 33.3. The molecule has 61 heavy (non-hydrogen) atoms. The van der Waals surface area contributed by atoms with Gasteiger partial charge in [0.15, 0.2) is 11.6 Å². The van der Waals surface area contributed by atoms with E-state index >= 15 is 4.39 Å². The van der Waals surface area contributed by atoms with Crippen LogP contribution >= 0.6 is 23.5 Å². The number of phenolic OH excluding ortho intramolecular Hbond substituents is 1. The summed E-state index contributed by atoms with van der Waals surface area (Å²) in [4.78, 5) is 114. The molecule has 3 aromatic rings. The number of hydrogen-bond donors (Lipinski definition) is 4. The Balaban J connectivity index is 0.00000622. The van der Waals surface area contributed by atoms with E-state index in [4.69, 9.17) is 0 Å². The number of hydrogen-bond acceptors (Lipinski definition) is 15. The van der Waals surface area contributed by atoms with Crippen LogP contribution in [0, 0.1) is 5.82 Å². The normalized spacial score (nSPS) is 19.6. The van der Waals surface area contributed by atoms with Gasteiger partial charge in [0.2, 0.25) is 16.5 Å². The molecule has 0 aliphatic carbocycles. The van der Waals surface area contributed by atoms with Crippen LogP contribution in [0.5, 0.6) is 5.75 Å². The molecule has 4 aliphatic heterocycles. The van der Waals surface area contributed by atoms with Crippen LogP contribution in [0.3, 0.4) is 0 Å². The molecule has 0 spiro atoms. The molecule has 4 aliphatic rings. The van der Waals surface area contributed by atoms with Gasteiger partial charge in [-0.3, -0.25) is 38.6 Å². The molecule has 3 fully saturated rings. The van der Waals surface area contributed by atoms with Crippen LogP contribution in [0.25, 0.3) is 11.0 Å². The molecular formula is C38H39FN9NaO10S2. The number of pyridine rings is 2. The Morgan fingerprint density at radius 3 is 2.39 bits per heavy atom. The zero-order chi connectivity index (χ0) is 43.0. The topological polar surface area (TPSA) is 247 Å². The van der Waals surface area contributed by atoms with Crippen LogP contribution in [0.4, 0.5) is 15.0 Å². The quantitative estimate of drug-likeness (QED) is 0.0817. The molecule has 6 heterocycles. The second-order valence-electron chi connectivity index (χ2n) is 14.1. The van der Waals surface area contributed by atoms with E-state index in [1.165, 1.54) is 35.4 Å². The van der Waals surface area contributed by atoms with E-state index in [0.29, 0.717) is 49.4 Å². The van der Waals surface area contributed by atoms with E-state index in [9.17, 15) is 48.6 Å². The second-order valence-corrected chi connectivity index (χ2v) is 16.1. The first-order valence-electron chi connectivity index (χ1n) is 19.0. The van der Waals surface area contributed by atoms with Gasteiger partial charge in [-0.2, -0.15) is 0 Å². The number of β-lactam (4-membered cyclic amide) rings is 1. The average molecular weight is 888 g/mol. The van der Waals surface area contributed by atoms with Crippen LogP contribution in [0.15, 0.2) is 52.6 Å². The van der Waals surface area contributed by atoms with Gasteiger partial charge in [-0.1, -0.05) is 23.9 Å². The first kappa shape index (κ1) is 45.5. The summed E-state index contributed by atoms with van der Waals surface area (Å²) < 4.78 is 16.9. The third kappa shape index (κ3) is 8.87. The average Bonchev–Trinajstić information content (AvgIpc) is 3.24. The maximum Gasteiger partial charge on any atom is 1.00 e. The number of carbonyl (C=O) groups is 7. The standard InChI is InChI=1S/C38H40FN9O10S2.Na/c1-3-44-13-14-47(34(54)33(44)53)38(58)42-25(19-5-7-21(49)8-6-19)31(51)41-26-32(52)48-27(36(55)56)20(17-59-35(26)48)18-60-37(57)23-16-45(4-2)29-22(28(23)50)15-24(39)30(43-29)46-11-9-40-10-12-46;/h5-8,15-16,25-26,35,40,49H,3-4,9-14,17-18H2,1-2H3,(H,41,51)(H,42,58)(H,55,56);/q;+1/p-1/t25-,26-,35-;/m1./s1. The largest absolute Gasteiger partial charge is 1.00 e. The molecule has 3 atom stereocenters. The van der Waals surface area contributed by atoms with E-state index in [-0.39, 0.29) is 100.0 Å². The third-order valence-corrected chi connectivity index (χ3v) is 12.9. The number of carboxylic acids is 1. The number of carboxylic acid groups (broad SMARTS) is 1. The third-order valence-electron chi connectivity index (χ3n) is 10.6. The van der Waals surface area contributed by atoms with Gasteiger partial charge in [0.25, 0.3) is 5.91 Å². The van der Waals surface area contributed by atoms with Gasteiger partial charge in [0.05, 0.1) is 22.6 Å². The number of urea groups is 1. The number of benzene rings is 1. The number of phenols is 1. The van der Waals surface area contributed by atoms with E-state index < -0.39 is 75.1 Å². The number of aromatic nitrogens is 2. The Kier molecular flexibility index (Phi) is 14.1. The number of amides is 6. The summed E-state index contributed by atoms with van der Waals surface area (Å²) in [6.45, 7) is 6.27. The minimum Gasteiger partial charge on any atom is -0.543 e. The number of aryl methyl sites for hydroxylation is 1. The van der Waals surface area contributed by atoms with Crippen LogP contribution in [0.2, 0.25) is 0 Å². The number of aliphatic carboxylic acids is 1. The van der Waals surface area contributed by atoms with Crippen molar-refractivity contribution in [2.75, 3.05) is 62.2 Å². The first-order chi connectivity index (χ1) is 28.7. The number of likely N-dealkylation sites (N-methyl/N-ethyl adjacent to an activating group) is 1. The zero-order valence-corrected chi connectivity index (χ0v) is 36.9. The summed E-state index contributed by atoms with van der Waals surface area (Å²) in [6, 6.07) is 2.41. The SMILES string of the molecule is CCN1CCN(C(=O)N[C@@H](C(=O)N[C@@H]2C(=O)N3C(C(=O)[O-])=C(CSC(=O)c4cn(CC)c5nc(N6CCNCC6)c(F)cc5c4=O)CS[C@H]23)c2ccc(O)cc2)C(=O)C1=O.[Na+]. The van der Waals surface area contributed by atoms with Gasteiger partial charge in [-0.05, 0) is 43.2 Å². The van der Waals surface area contributed by atoms with Crippen LogP contribution in [-0.4, -0.2) is 139 Å². The van der Waals surface area contributed by atoms with Crippen molar-refractivity contribution in [3.05, 3.63) is 75.0 Å². The van der Waals surface area contributed by atoms with E-state index in [2.05, 4.69) is 20.9 Å². The summed E-state index contributed by atoms with van der Waals surface area (Å²) in [5, 5.41) is 28.8. The van der Waals surface area contributed by atoms with Crippen molar-refractivity contribution >= 4 is 81.1 Å². The Morgan fingerprint density at radius 1 is 1.03 bits per heavy atom. The monoisotopic (exact) mass is 887 g/mol. The van der Waals surface area contributed by atoms with Crippen molar-refractivity contribution in [3.8, 4) is 5.75 Å². The molecule has 0 saturated carbocycles. The predicted molar refractivity (Wildman–Crippen MR) is 214 cm³/mol. The number of imide groups is 1. The molecule has 0 unspecified atom stereocenters. The van der Waals surface area contributed by atoms with Gasteiger partial charge in [-0.25, -0.2) is 14.2 Å². The van der Waals surface area contributed by atoms with Crippen molar-refractivity contribution in [2.24, 2.45) is 0 Å². The number of fused-ring (bicyclic) bond motifs is 2. The fourth-order valence-electron chi connectivity index (χ4n) is 7.35. The number of aromatic hydroxyl groups is 1. The molecule has 1 aromatic carbocycles. The first-order valence-corrected chi connectivity index (χ1v) is 21.0. The number of carbonyl (C=O) groups excluding carboxylic acids is 7. The molecule has 316 valence electrons. The van der Waals surface area contributed by atoms with Gasteiger partial charge in [0.1, 0.15) is 28.9 Å². The van der Waals surface area contributed by atoms with Crippen molar-refractivity contribution < 1.29 is 77.7 Å². The predicted octanol–water partition coefficient (Wildman–Crippen LogP) is -3.91. The Hall–Kier alpha value is -5.00. The summed E-state index contributed by atoms with van der Waals surface area (Å²) in [7, 11) is 0. The molecule has 0 radical (unpaired) electrons. The maximum absolute atomic E-state index is 15.3. The van der Waals surface area contributed by atoms with Crippen LogP contribution in [0.1, 0.15) is 35.8 Å². The number of halogens is 1. The van der Waals surface area contributed by atoms with Crippen molar-refractivity contribution in [2.45, 2.75) is 37.8 Å². The fraction of sp³-hybridized carbons (Fsp3) is 0.395. The van der Waals surface area contributed by atoms with Crippen LogP contribution < -0.4 is 60.9 Å². The molecule has 2 aromatic heterocycles. The van der Waals surface area contributed by atoms with Gasteiger partial charge in [0, 0.05) is 70.1 Å². The second kappa shape index (κ2) is 18.9. The minimum atomic E-state index is -1.71. The molecular weight excluding hydrogens is 849 g/mol. The van der Waals surface area contributed by atoms with Gasteiger partial charge >= 0.3 is 47.4 Å². The minimum absolute atomic E-state index is 0. The summed E-state index contributed by atoms with van der Waals surface area (Å²) in [6.07, 6.45) is 1.34. The van der Waals surface area contributed by atoms with E-state index in [0.717, 1.165) is 22.7 Å². The van der Waals surface area contributed by atoms with E-state index in [1.807, 2.05) is 0 Å². The molecule has 3 saturated heterocycles.